The standard InChI is InChI=1S/C18H24N2O/c21-18-9-6-14-11-16(7-8-17(14)20-18)19-15-3-1-2-13(10-15)12-4-5-12/h7-8,11-13,15,19H,1-6,9-10H2,(H,20,21). The van der Waals surface area contributed by atoms with Crippen LogP contribution in [0.1, 0.15) is 50.5 Å². The van der Waals surface area contributed by atoms with Crippen molar-refractivity contribution in [1.82, 2.24) is 0 Å². The van der Waals surface area contributed by atoms with Gasteiger partial charge in [-0.3, -0.25) is 4.79 Å². The highest BCUT2D eigenvalue weighted by Crippen LogP contribution is 2.44. The molecular weight excluding hydrogens is 260 g/mol. The summed E-state index contributed by atoms with van der Waals surface area (Å²) in [5, 5.41) is 6.70. The van der Waals surface area contributed by atoms with E-state index in [0.29, 0.717) is 12.5 Å². The van der Waals surface area contributed by atoms with Crippen molar-refractivity contribution < 1.29 is 4.79 Å². The number of nitrogens with one attached hydrogen (secondary N) is 2. The Bertz CT molecular complexity index is 550. The van der Waals surface area contributed by atoms with Gasteiger partial charge in [0.25, 0.3) is 0 Å². The van der Waals surface area contributed by atoms with E-state index in [9.17, 15) is 4.79 Å². The van der Waals surface area contributed by atoms with Gasteiger partial charge in [0.15, 0.2) is 0 Å². The van der Waals surface area contributed by atoms with Crippen LogP contribution in [0.5, 0.6) is 0 Å². The summed E-state index contributed by atoms with van der Waals surface area (Å²) in [4.78, 5) is 11.4. The third-order valence-corrected chi connectivity index (χ3v) is 5.37. The fourth-order valence-corrected chi connectivity index (χ4v) is 4.06. The number of carbonyl (C=O) groups is 1. The topological polar surface area (TPSA) is 41.1 Å². The molecule has 2 fully saturated rings. The second-order valence-corrected chi connectivity index (χ2v) is 7.03. The molecule has 3 heteroatoms. The number of amides is 1. The van der Waals surface area contributed by atoms with Crippen LogP contribution in [0.15, 0.2) is 18.2 Å². The maximum atomic E-state index is 11.4. The average Bonchev–Trinajstić information content (AvgIpc) is 3.32. The van der Waals surface area contributed by atoms with Crippen LogP contribution >= 0.6 is 0 Å². The highest BCUT2D eigenvalue weighted by atomic mass is 16.1. The number of carbonyl (C=O) groups excluding carboxylic acids is 1. The molecule has 0 saturated heterocycles. The molecule has 1 aliphatic heterocycles. The maximum absolute atomic E-state index is 11.4. The summed E-state index contributed by atoms with van der Waals surface area (Å²) < 4.78 is 0. The highest BCUT2D eigenvalue weighted by Gasteiger charge is 2.34. The minimum Gasteiger partial charge on any atom is -0.382 e. The molecule has 2 aliphatic carbocycles. The van der Waals surface area contributed by atoms with Crippen LogP contribution in [0, 0.1) is 11.8 Å². The number of aryl methyl sites for hydroxylation is 1. The molecular formula is C18H24N2O. The van der Waals surface area contributed by atoms with E-state index in [2.05, 4.69) is 28.8 Å². The molecule has 0 aromatic heterocycles. The average molecular weight is 284 g/mol. The third-order valence-electron chi connectivity index (χ3n) is 5.37. The number of fused-ring (bicyclic) bond motifs is 1. The van der Waals surface area contributed by atoms with Gasteiger partial charge in [0.05, 0.1) is 0 Å². The predicted octanol–water partition coefficient (Wildman–Crippen LogP) is 3.95. The number of benzene rings is 1. The van der Waals surface area contributed by atoms with E-state index in [1.165, 1.54) is 49.8 Å². The maximum Gasteiger partial charge on any atom is 0.224 e. The summed E-state index contributed by atoms with van der Waals surface area (Å²) in [7, 11) is 0. The SMILES string of the molecule is O=C1CCc2cc(NC3CCCC(C4CC4)C3)ccc2N1. The highest BCUT2D eigenvalue weighted by molar-refractivity contribution is 5.94. The summed E-state index contributed by atoms with van der Waals surface area (Å²) in [5.74, 6) is 2.14. The molecule has 21 heavy (non-hydrogen) atoms. The van der Waals surface area contributed by atoms with Crippen LogP contribution in [0.25, 0.3) is 0 Å². The van der Waals surface area contributed by atoms with Gasteiger partial charge >= 0.3 is 0 Å². The van der Waals surface area contributed by atoms with Crippen LogP contribution < -0.4 is 10.6 Å². The molecule has 3 nitrogen and oxygen atoms in total. The quantitative estimate of drug-likeness (QED) is 0.882. The van der Waals surface area contributed by atoms with Gasteiger partial charge in [0.1, 0.15) is 0 Å². The Kier molecular flexibility index (Phi) is 3.36. The Labute approximate surface area is 126 Å². The second kappa shape index (κ2) is 5.36. The normalized spacial score (nSPS) is 28.7. The van der Waals surface area contributed by atoms with Gasteiger partial charge in [0.2, 0.25) is 5.91 Å². The summed E-state index contributed by atoms with van der Waals surface area (Å²) in [6.45, 7) is 0. The fourth-order valence-electron chi connectivity index (χ4n) is 4.06. The van der Waals surface area contributed by atoms with Gasteiger partial charge in [-0.05, 0) is 67.7 Å². The van der Waals surface area contributed by atoms with Crippen molar-refractivity contribution in [2.75, 3.05) is 10.6 Å². The van der Waals surface area contributed by atoms with E-state index >= 15 is 0 Å². The van der Waals surface area contributed by atoms with Crippen molar-refractivity contribution in [3.63, 3.8) is 0 Å². The van der Waals surface area contributed by atoms with Crippen molar-refractivity contribution >= 4 is 17.3 Å². The number of hydrogen-bond acceptors (Lipinski definition) is 2. The minimum atomic E-state index is 0.141. The molecule has 2 saturated carbocycles. The Morgan fingerprint density at radius 2 is 1.95 bits per heavy atom. The van der Waals surface area contributed by atoms with Gasteiger partial charge in [-0.25, -0.2) is 0 Å². The van der Waals surface area contributed by atoms with Crippen molar-refractivity contribution in [3.8, 4) is 0 Å². The fraction of sp³-hybridized carbons (Fsp3) is 0.611. The van der Waals surface area contributed by atoms with Crippen molar-refractivity contribution in [2.24, 2.45) is 11.8 Å². The summed E-state index contributed by atoms with van der Waals surface area (Å²) in [6, 6.07) is 7.04. The van der Waals surface area contributed by atoms with Gasteiger partial charge < -0.3 is 10.6 Å². The third kappa shape index (κ3) is 2.92. The lowest BCUT2D eigenvalue weighted by molar-refractivity contribution is -0.116. The molecule has 2 unspecified atom stereocenters. The first-order valence-corrected chi connectivity index (χ1v) is 8.47. The molecule has 0 spiro atoms. The lowest BCUT2D eigenvalue weighted by Crippen LogP contribution is -2.28. The van der Waals surface area contributed by atoms with Crippen LogP contribution in [-0.4, -0.2) is 11.9 Å². The summed E-state index contributed by atoms with van der Waals surface area (Å²) >= 11 is 0. The molecule has 1 amide bonds. The lowest BCUT2D eigenvalue weighted by atomic mass is 9.82. The van der Waals surface area contributed by atoms with Crippen LogP contribution in [0.3, 0.4) is 0 Å². The zero-order valence-electron chi connectivity index (χ0n) is 12.5. The largest absolute Gasteiger partial charge is 0.382 e. The van der Waals surface area contributed by atoms with Gasteiger partial charge in [-0.1, -0.05) is 12.8 Å². The summed E-state index contributed by atoms with van der Waals surface area (Å²) in [5.41, 5.74) is 3.50. The van der Waals surface area contributed by atoms with Crippen LogP contribution in [0.2, 0.25) is 0 Å². The van der Waals surface area contributed by atoms with Gasteiger partial charge in [0, 0.05) is 23.8 Å². The van der Waals surface area contributed by atoms with E-state index < -0.39 is 0 Å². The zero-order valence-corrected chi connectivity index (χ0v) is 12.5. The first-order chi connectivity index (χ1) is 10.3. The van der Waals surface area contributed by atoms with Gasteiger partial charge in [-0.15, -0.1) is 0 Å². The van der Waals surface area contributed by atoms with E-state index in [0.717, 1.165) is 23.9 Å². The molecule has 1 aromatic rings. The molecule has 112 valence electrons. The van der Waals surface area contributed by atoms with E-state index in [1.807, 2.05) is 0 Å². The van der Waals surface area contributed by atoms with Crippen molar-refractivity contribution in [3.05, 3.63) is 23.8 Å². The molecule has 1 aromatic carbocycles. The molecule has 3 aliphatic rings. The zero-order chi connectivity index (χ0) is 14.2. The second-order valence-electron chi connectivity index (χ2n) is 7.03. The smallest absolute Gasteiger partial charge is 0.224 e. The molecule has 0 bridgehead atoms. The van der Waals surface area contributed by atoms with E-state index in [-0.39, 0.29) is 5.91 Å². The first kappa shape index (κ1) is 13.2. The number of anilines is 2. The van der Waals surface area contributed by atoms with Crippen molar-refractivity contribution in [1.29, 1.82) is 0 Å². The van der Waals surface area contributed by atoms with Crippen molar-refractivity contribution in [2.45, 2.75) is 57.4 Å². The van der Waals surface area contributed by atoms with Crippen LogP contribution in [-0.2, 0) is 11.2 Å². The number of hydrogen-bond donors (Lipinski definition) is 2. The Morgan fingerprint density at radius 1 is 1.05 bits per heavy atom. The molecule has 2 atom stereocenters. The molecule has 2 N–H and O–H groups in total. The molecule has 0 radical (unpaired) electrons. The van der Waals surface area contributed by atoms with E-state index in [4.69, 9.17) is 0 Å². The van der Waals surface area contributed by atoms with Crippen LogP contribution in [0.4, 0.5) is 11.4 Å². The minimum absolute atomic E-state index is 0.141. The number of rotatable bonds is 3. The first-order valence-electron chi connectivity index (χ1n) is 8.47. The Hall–Kier alpha value is -1.51. The Morgan fingerprint density at radius 3 is 2.81 bits per heavy atom. The van der Waals surface area contributed by atoms with E-state index in [1.54, 1.807) is 0 Å². The lowest BCUT2D eigenvalue weighted by Gasteiger charge is -2.31. The Balaban J connectivity index is 1.43. The van der Waals surface area contributed by atoms with Gasteiger partial charge in [-0.2, -0.15) is 0 Å². The predicted molar refractivity (Wildman–Crippen MR) is 85.5 cm³/mol. The monoisotopic (exact) mass is 284 g/mol. The molecule has 1 heterocycles. The molecule has 4 rings (SSSR count). The summed E-state index contributed by atoms with van der Waals surface area (Å²) in [6.07, 6.45) is 9.88.